The van der Waals surface area contributed by atoms with Crippen molar-refractivity contribution in [2.75, 3.05) is 0 Å². The Morgan fingerprint density at radius 2 is 1.96 bits per heavy atom. The van der Waals surface area contributed by atoms with E-state index in [9.17, 15) is 9.18 Å². The lowest BCUT2D eigenvalue weighted by Gasteiger charge is -2.10. The van der Waals surface area contributed by atoms with Crippen molar-refractivity contribution in [3.63, 3.8) is 0 Å². The van der Waals surface area contributed by atoms with Crippen molar-refractivity contribution in [2.24, 2.45) is 5.73 Å². The summed E-state index contributed by atoms with van der Waals surface area (Å²) >= 11 is 5.68. The van der Waals surface area contributed by atoms with Crippen molar-refractivity contribution in [2.45, 2.75) is 18.9 Å². The van der Waals surface area contributed by atoms with Crippen LogP contribution >= 0.6 is 11.6 Å². The van der Waals surface area contributed by atoms with Crippen LogP contribution in [0.5, 0.6) is 11.6 Å². The number of benzene rings is 1. The third kappa shape index (κ3) is 5.25. The van der Waals surface area contributed by atoms with Gasteiger partial charge < -0.3 is 15.6 Å². The van der Waals surface area contributed by atoms with Crippen molar-refractivity contribution >= 4 is 17.6 Å². The summed E-state index contributed by atoms with van der Waals surface area (Å²) < 4.78 is 19.2. The molecule has 0 bridgehead atoms. The Balaban J connectivity index is 1.72. The molecule has 0 saturated heterocycles. The molecule has 8 heteroatoms. The minimum absolute atomic E-state index is 0.0982. The van der Waals surface area contributed by atoms with Crippen molar-refractivity contribution < 1.29 is 19.0 Å². The summed E-state index contributed by atoms with van der Waals surface area (Å²) in [6.45, 7) is 0. The molecule has 2 aromatic heterocycles. The van der Waals surface area contributed by atoms with Gasteiger partial charge in [0, 0.05) is 24.0 Å². The van der Waals surface area contributed by atoms with Gasteiger partial charge in [-0.1, -0.05) is 11.6 Å². The highest BCUT2D eigenvalue weighted by Gasteiger charge is 2.11. The number of aromatic nitrogens is 2. The second-order valence-corrected chi connectivity index (χ2v) is 6.61. The van der Waals surface area contributed by atoms with E-state index in [1.165, 1.54) is 6.20 Å². The minimum Gasteiger partial charge on any atom is -0.481 e. The maximum atomic E-state index is 13.8. The van der Waals surface area contributed by atoms with Crippen molar-refractivity contribution in [3.05, 3.63) is 71.3 Å². The van der Waals surface area contributed by atoms with Crippen LogP contribution in [0.2, 0.25) is 5.02 Å². The topological polar surface area (TPSA) is 98.3 Å². The zero-order chi connectivity index (χ0) is 20.1. The molecule has 3 N–H and O–H groups in total. The lowest BCUT2D eigenvalue weighted by Crippen LogP contribution is -2.26. The Labute approximate surface area is 165 Å². The van der Waals surface area contributed by atoms with E-state index >= 15 is 0 Å². The van der Waals surface area contributed by atoms with Crippen LogP contribution in [0.15, 0.2) is 54.9 Å². The molecule has 0 radical (unpaired) electrons. The zero-order valence-electron chi connectivity index (χ0n) is 14.7. The number of aliphatic carboxylic acids is 1. The molecule has 3 rings (SSSR count). The van der Waals surface area contributed by atoms with E-state index < -0.39 is 17.8 Å². The minimum atomic E-state index is -0.927. The molecule has 1 aromatic carbocycles. The zero-order valence-corrected chi connectivity index (χ0v) is 15.4. The molecule has 0 amide bonds. The third-order valence-corrected chi connectivity index (χ3v) is 4.10. The van der Waals surface area contributed by atoms with Crippen LogP contribution in [-0.2, 0) is 11.2 Å². The molecule has 0 saturated carbocycles. The number of nitrogens with two attached hydrogens (primary N) is 1. The smallest absolute Gasteiger partial charge is 0.304 e. The highest BCUT2D eigenvalue weighted by Crippen LogP contribution is 2.27. The van der Waals surface area contributed by atoms with Crippen molar-refractivity contribution in [3.8, 4) is 22.9 Å². The van der Waals surface area contributed by atoms with Gasteiger partial charge in [0.1, 0.15) is 5.75 Å². The summed E-state index contributed by atoms with van der Waals surface area (Å²) in [6.07, 6.45) is 3.29. The molecule has 0 aliphatic rings. The summed E-state index contributed by atoms with van der Waals surface area (Å²) in [5.41, 5.74) is 8.28. The summed E-state index contributed by atoms with van der Waals surface area (Å²) in [4.78, 5) is 18.9. The lowest BCUT2D eigenvalue weighted by atomic mass is 10.0. The van der Waals surface area contributed by atoms with E-state index in [0.29, 0.717) is 17.9 Å². The fourth-order valence-electron chi connectivity index (χ4n) is 2.64. The molecule has 3 aromatic rings. The van der Waals surface area contributed by atoms with Gasteiger partial charge in [0.25, 0.3) is 5.88 Å². The van der Waals surface area contributed by atoms with Gasteiger partial charge in [0.2, 0.25) is 0 Å². The van der Waals surface area contributed by atoms with Gasteiger partial charge in [-0.05, 0) is 54.4 Å². The molecule has 144 valence electrons. The van der Waals surface area contributed by atoms with Gasteiger partial charge in [-0.15, -0.1) is 0 Å². The molecule has 6 nitrogen and oxygen atoms in total. The Bertz CT molecular complexity index is 983. The Morgan fingerprint density at radius 1 is 1.21 bits per heavy atom. The average Bonchev–Trinajstić information content (AvgIpc) is 2.64. The van der Waals surface area contributed by atoms with E-state index in [1.807, 2.05) is 6.07 Å². The number of rotatable bonds is 7. The summed E-state index contributed by atoms with van der Waals surface area (Å²) in [5.74, 6) is -1.32. The number of carboxylic acids is 1. The van der Waals surface area contributed by atoms with E-state index in [0.717, 1.165) is 17.2 Å². The highest BCUT2D eigenvalue weighted by atomic mass is 35.5. The number of hydrogen-bond acceptors (Lipinski definition) is 5. The predicted molar refractivity (Wildman–Crippen MR) is 103 cm³/mol. The van der Waals surface area contributed by atoms with Crippen LogP contribution in [0.1, 0.15) is 12.0 Å². The van der Waals surface area contributed by atoms with E-state index in [2.05, 4.69) is 9.97 Å². The Hall–Kier alpha value is -3.03. The third-order valence-electron chi connectivity index (χ3n) is 3.90. The summed E-state index contributed by atoms with van der Waals surface area (Å²) in [6, 6.07) is 11.2. The van der Waals surface area contributed by atoms with Gasteiger partial charge in [0.05, 0.1) is 17.1 Å². The molecule has 0 spiro atoms. The monoisotopic (exact) mass is 401 g/mol. The SMILES string of the molecule is NC(CC(=O)O)Cc1ccnc(-c2ccc(Oc3ncc(Cl)cc3F)cc2)c1. The van der Waals surface area contributed by atoms with Gasteiger partial charge in [-0.3, -0.25) is 9.78 Å². The van der Waals surface area contributed by atoms with Crippen LogP contribution < -0.4 is 10.5 Å². The van der Waals surface area contributed by atoms with Crippen molar-refractivity contribution in [1.82, 2.24) is 9.97 Å². The normalized spacial score (nSPS) is 11.8. The number of ether oxygens (including phenoxy) is 1. The molecule has 0 fully saturated rings. The quantitative estimate of drug-likeness (QED) is 0.619. The molecule has 1 atom stereocenters. The first-order valence-electron chi connectivity index (χ1n) is 8.42. The number of carbonyl (C=O) groups is 1. The van der Waals surface area contributed by atoms with Gasteiger partial charge in [0.15, 0.2) is 5.82 Å². The highest BCUT2D eigenvalue weighted by molar-refractivity contribution is 6.30. The first kappa shape index (κ1) is 19.7. The molecule has 1 unspecified atom stereocenters. The van der Waals surface area contributed by atoms with E-state index in [4.69, 9.17) is 27.2 Å². The fourth-order valence-corrected chi connectivity index (χ4v) is 2.79. The maximum absolute atomic E-state index is 13.8. The Kier molecular flexibility index (Phi) is 6.18. The lowest BCUT2D eigenvalue weighted by molar-refractivity contribution is -0.137. The fraction of sp³-hybridized carbons (Fsp3) is 0.150. The van der Waals surface area contributed by atoms with Crippen LogP contribution in [-0.4, -0.2) is 27.1 Å². The first-order valence-corrected chi connectivity index (χ1v) is 8.80. The maximum Gasteiger partial charge on any atom is 0.304 e. The number of hydrogen-bond donors (Lipinski definition) is 2. The first-order chi connectivity index (χ1) is 13.4. The average molecular weight is 402 g/mol. The van der Waals surface area contributed by atoms with Crippen LogP contribution in [0.3, 0.4) is 0 Å². The van der Waals surface area contributed by atoms with E-state index in [-0.39, 0.29) is 17.3 Å². The van der Waals surface area contributed by atoms with E-state index in [1.54, 1.807) is 36.5 Å². The molecular weight excluding hydrogens is 385 g/mol. The summed E-state index contributed by atoms with van der Waals surface area (Å²) in [5, 5.41) is 9.01. The summed E-state index contributed by atoms with van der Waals surface area (Å²) in [7, 11) is 0. The predicted octanol–water partition coefficient (Wildman–Crippen LogP) is 4.07. The van der Waals surface area contributed by atoms with Crippen molar-refractivity contribution in [1.29, 1.82) is 0 Å². The van der Waals surface area contributed by atoms with Crippen LogP contribution in [0.4, 0.5) is 4.39 Å². The molecule has 2 heterocycles. The standard InChI is InChI=1S/C20H17ClFN3O3/c21-14-9-17(22)20(25-11-14)28-16-3-1-13(2-4-16)18-8-12(5-6-24-18)7-15(23)10-19(26)27/h1-6,8-9,11,15H,7,10,23H2,(H,26,27). The molecular formula is C20H17ClFN3O3. The Morgan fingerprint density at radius 3 is 2.64 bits per heavy atom. The second-order valence-electron chi connectivity index (χ2n) is 6.18. The van der Waals surface area contributed by atoms with Gasteiger partial charge >= 0.3 is 5.97 Å². The van der Waals surface area contributed by atoms with Crippen LogP contribution in [0, 0.1) is 5.82 Å². The molecule has 0 aliphatic heterocycles. The number of nitrogens with zero attached hydrogens (tertiary/aromatic N) is 2. The van der Waals surface area contributed by atoms with Gasteiger partial charge in [-0.2, -0.15) is 0 Å². The van der Waals surface area contributed by atoms with Crippen LogP contribution in [0.25, 0.3) is 11.3 Å². The number of halogens is 2. The number of carboxylic acid groups (broad SMARTS) is 1. The van der Waals surface area contributed by atoms with Gasteiger partial charge in [-0.25, -0.2) is 9.37 Å². The number of pyridine rings is 2. The largest absolute Gasteiger partial charge is 0.481 e. The molecule has 28 heavy (non-hydrogen) atoms. The molecule has 0 aliphatic carbocycles. The second kappa shape index (κ2) is 8.77.